The number of piperidine rings is 1. The summed E-state index contributed by atoms with van der Waals surface area (Å²) in [6, 6.07) is 8.25. The summed E-state index contributed by atoms with van der Waals surface area (Å²) in [4.78, 5) is 19.3. The van der Waals surface area contributed by atoms with E-state index in [2.05, 4.69) is 15.2 Å². The Kier molecular flexibility index (Phi) is 8.09. The summed E-state index contributed by atoms with van der Waals surface area (Å²) < 4.78 is 33.6. The van der Waals surface area contributed by atoms with E-state index in [9.17, 15) is 13.2 Å². The molecule has 1 aliphatic rings. The molecule has 1 fully saturated rings. The molecule has 9 heteroatoms. The first-order valence-electron chi connectivity index (χ1n) is 11.2. The molecule has 0 radical (unpaired) electrons. The highest BCUT2D eigenvalue weighted by Crippen LogP contribution is 2.31. The molecule has 8 nitrogen and oxygen atoms in total. The Morgan fingerprint density at radius 3 is 2.41 bits per heavy atom. The maximum absolute atomic E-state index is 13.3. The third-order valence-electron chi connectivity index (χ3n) is 5.53. The average molecular weight is 461 g/mol. The van der Waals surface area contributed by atoms with Gasteiger partial charge < -0.3 is 15.0 Å². The van der Waals surface area contributed by atoms with Gasteiger partial charge in [0.15, 0.2) is 0 Å². The van der Waals surface area contributed by atoms with Crippen LogP contribution in [0, 0.1) is 0 Å². The molecule has 0 unspecified atom stereocenters. The lowest BCUT2D eigenvalue weighted by atomic mass is 10.2. The first-order valence-corrected chi connectivity index (χ1v) is 12.6. The van der Waals surface area contributed by atoms with Gasteiger partial charge in [-0.15, -0.1) is 0 Å². The van der Waals surface area contributed by atoms with Gasteiger partial charge in [0, 0.05) is 38.1 Å². The fraction of sp³-hybridized carbons (Fsp3) is 0.478. The molecule has 0 atom stereocenters. The average Bonchev–Trinajstić information content (AvgIpc) is 2.82. The molecule has 1 saturated heterocycles. The number of carbonyl (C=O) groups excluding carboxylic acids is 1. The highest BCUT2D eigenvalue weighted by molar-refractivity contribution is 7.89. The van der Waals surface area contributed by atoms with Crippen LogP contribution >= 0.6 is 0 Å². The number of rotatable bonds is 9. The van der Waals surface area contributed by atoms with E-state index in [0.29, 0.717) is 36.7 Å². The van der Waals surface area contributed by atoms with E-state index in [1.54, 1.807) is 18.2 Å². The van der Waals surface area contributed by atoms with E-state index in [1.807, 2.05) is 26.8 Å². The number of ether oxygens (including phenoxy) is 1. The summed E-state index contributed by atoms with van der Waals surface area (Å²) in [5.41, 5.74) is 0.789. The molecule has 3 rings (SSSR count). The van der Waals surface area contributed by atoms with E-state index in [0.717, 1.165) is 38.2 Å². The van der Waals surface area contributed by atoms with Gasteiger partial charge in [-0.05, 0) is 63.9 Å². The second-order valence-corrected chi connectivity index (χ2v) is 9.50. The van der Waals surface area contributed by atoms with Crippen LogP contribution in [0.5, 0.6) is 5.75 Å². The van der Waals surface area contributed by atoms with Crippen LogP contribution < -0.4 is 15.0 Å². The van der Waals surface area contributed by atoms with Crippen LogP contribution in [0.15, 0.2) is 41.4 Å². The second kappa shape index (κ2) is 10.8. The lowest BCUT2D eigenvalue weighted by Gasteiger charge is -2.27. The van der Waals surface area contributed by atoms with Crippen LogP contribution in [0.25, 0.3) is 0 Å². The number of hydrogen-bond acceptors (Lipinski definition) is 6. The molecule has 0 spiro atoms. The summed E-state index contributed by atoms with van der Waals surface area (Å²) >= 11 is 0. The smallest absolute Gasteiger partial charge is 0.257 e. The predicted octanol–water partition coefficient (Wildman–Crippen LogP) is 3.75. The molecule has 0 saturated carbocycles. The van der Waals surface area contributed by atoms with Crippen LogP contribution in [0.3, 0.4) is 0 Å². The minimum atomic E-state index is -3.72. The maximum Gasteiger partial charge on any atom is 0.257 e. The summed E-state index contributed by atoms with van der Waals surface area (Å²) in [7, 11) is -3.72. The van der Waals surface area contributed by atoms with Crippen LogP contribution in [0.2, 0.25) is 0 Å². The normalized spacial score (nSPS) is 14.7. The van der Waals surface area contributed by atoms with Crippen molar-refractivity contribution in [3.05, 3.63) is 42.1 Å². The zero-order valence-electron chi connectivity index (χ0n) is 19.0. The highest BCUT2D eigenvalue weighted by Gasteiger charge is 2.29. The summed E-state index contributed by atoms with van der Waals surface area (Å²) in [5, 5.41) is 2.79. The molecule has 1 aromatic carbocycles. The number of carbonyl (C=O) groups is 1. The number of benzene rings is 1. The summed E-state index contributed by atoms with van der Waals surface area (Å²) in [6.07, 6.45) is 4.25. The number of hydrogen-bond donors (Lipinski definition) is 1. The first kappa shape index (κ1) is 24.0. The quantitative estimate of drug-likeness (QED) is 0.613. The van der Waals surface area contributed by atoms with Gasteiger partial charge in [0.1, 0.15) is 16.5 Å². The van der Waals surface area contributed by atoms with Crippen LogP contribution in [0.4, 0.5) is 11.5 Å². The fourth-order valence-corrected chi connectivity index (χ4v) is 5.44. The van der Waals surface area contributed by atoms with Crippen molar-refractivity contribution in [1.29, 1.82) is 0 Å². The Labute approximate surface area is 190 Å². The van der Waals surface area contributed by atoms with Crippen molar-refractivity contribution in [2.24, 2.45) is 0 Å². The zero-order chi connectivity index (χ0) is 23.1. The molecule has 1 N–H and O–H groups in total. The SMILES string of the molecule is CCOc1ccc(NC(=O)c2ccc(N(CC)CC)nc2)cc1S(=O)(=O)N1CCCCC1. The molecular weight excluding hydrogens is 428 g/mol. The number of aromatic nitrogens is 1. The topological polar surface area (TPSA) is 91.8 Å². The highest BCUT2D eigenvalue weighted by atomic mass is 32.2. The van der Waals surface area contributed by atoms with Gasteiger partial charge in [0.05, 0.1) is 12.2 Å². The van der Waals surface area contributed by atoms with Crippen LogP contribution in [-0.2, 0) is 10.0 Å². The van der Waals surface area contributed by atoms with Crippen molar-refractivity contribution in [3.63, 3.8) is 0 Å². The van der Waals surface area contributed by atoms with Crippen molar-refractivity contribution in [1.82, 2.24) is 9.29 Å². The number of sulfonamides is 1. The summed E-state index contributed by atoms with van der Waals surface area (Å²) in [5.74, 6) is 0.748. The molecule has 174 valence electrons. The minimum Gasteiger partial charge on any atom is -0.492 e. The molecule has 2 aromatic rings. The third kappa shape index (κ3) is 5.39. The van der Waals surface area contributed by atoms with Gasteiger partial charge in [-0.25, -0.2) is 13.4 Å². The maximum atomic E-state index is 13.3. The van der Waals surface area contributed by atoms with Crippen molar-refractivity contribution in [2.75, 3.05) is 43.0 Å². The van der Waals surface area contributed by atoms with E-state index in [4.69, 9.17) is 4.74 Å². The van der Waals surface area contributed by atoms with E-state index in [1.165, 1.54) is 16.6 Å². The molecule has 1 aromatic heterocycles. The molecule has 2 heterocycles. The lowest BCUT2D eigenvalue weighted by Crippen LogP contribution is -2.35. The number of pyridine rings is 1. The van der Waals surface area contributed by atoms with Gasteiger partial charge in [-0.3, -0.25) is 4.79 Å². The van der Waals surface area contributed by atoms with Gasteiger partial charge in [0.25, 0.3) is 5.91 Å². The molecular formula is C23H32N4O4S. The Morgan fingerprint density at radius 2 is 1.81 bits per heavy atom. The Morgan fingerprint density at radius 1 is 1.09 bits per heavy atom. The van der Waals surface area contributed by atoms with Gasteiger partial charge in [-0.1, -0.05) is 6.42 Å². The first-order chi connectivity index (χ1) is 15.4. The minimum absolute atomic E-state index is 0.0778. The number of nitrogens with zero attached hydrogens (tertiary/aromatic N) is 3. The third-order valence-corrected chi connectivity index (χ3v) is 7.45. The number of anilines is 2. The molecule has 0 bridgehead atoms. The molecule has 0 aliphatic carbocycles. The summed E-state index contributed by atoms with van der Waals surface area (Å²) in [6.45, 7) is 8.90. The van der Waals surface area contributed by atoms with Gasteiger partial charge in [-0.2, -0.15) is 4.31 Å². The Hall–Kier alpha value is -2.65. The molecule has 1 aliphatic heterocycles. The van der Waals surface area contributed by atoms with Crippen molar-refractivity contribution < 1.29 is 17.9 Å². The molecule has 1 amide bonds. The van der Waals surface area contributed by atoms with Gasteiger partial charge in [0.2, 0.25) is 10.0 Å². The number of amides is 1. The van der Waals surface area contributed by atoms with Crippen molar-refractivity contribution in [3.8, 4) is 5.75 Å². The standard InChI is InChI=1S/C23H32N4O4S/c1-4-26(5-2)22-13-10-18(17-24-22)23(28)25-19-11-12-20(31-6-3)21(16-19)32(29,30)27-14-8-7-9-15-27/h10-13,16-17H,4-9,14-15H2,1-3H3,(H,25,28). The van der Waals surface area contributed by atoms with Crippen LogP contribution in [0.1, 0.15) is 50.4 Å². The lowest BCUT2D eigenvalue weighted by molar-refractivity contribution is 0.102. The van der Waals surface area contributed by atoms with Gasteiger partial charge >= 0.3 is 0 Å². The van der Waals surface area contributed by atoms with Crippen molar-refractivity contribution in [2.45, 2.75) is 44.9 Å². The Balaban J connectivity index is 1.84. The second-order valence-electron chi connectivity index (χ2n) is 7.59. The zero-order valence-corrected chi connectivity index (χ0v) is 19.8. The van der Waals surface area contributed by atoms with E-state index in [-0.39, 0.29) is 10.8 Å². The molecule has 32 heavy (non-hydrogen) atoms. The van der Waals surface area contributed by atoms with E-state index >= 15 is 0 Å². The Bertz CT molecular complexity index is 1010. The van der Waals surface area contributed by atoms with Crippen molar-refractivity contribution >= 4 is 27.4 Å². The monoisotopic (exact) mass is 460 g/mol. The largest absolute Gasteiger partial charge is 0.492 e. The fourth-order valence-electron chi connectivity index (χ4n) is 3.76. The van der Waals surface area contributed by atoms with E-state index < -0.39 is 10.0 Å². The van der Waals surface area contributed by atoms with Crippen LogP contribution in [-0.4, -0.2) is 56.4 Å². The predicted molar refractivity (Wildman–Crippen MR) is 126 cm³/mol. The number of nitrogens with one attached hydrogen (secondary N) is 1.